The minimum Gasteiger partial charge on any atom is -0.467 e. The molecule has 0 heterocycles. The number of benzene rings is 1. The summed E-state index contributed by atoms with van der Waals surface area (Å²) in [6.07, 6.45) is 0. The average molecular weight is 250 g/mol. The lowest BCUT2D eigenvalue weighted by atomic mass is 9.83. The zero-order valence-electron chi connectivity index (χ0n) is 10.8. The fourth-order valence-electron chi connectivity index (χ4n) is 1.91. The van der Waals surface area contributed by atoms with Gasteiger partial charge in [0.25, 0.3) is 0 Å². The molecule has 0 aliphatic heterocycles. The quantitative estimate of drug-likeness (QED) is 0.447. The molecule has 1 aromatic rings. The first-order valence-electron chi connectivity index (χ1n) is 5.63. The van der Waals surface area contributed by atoms with Crippen molar-refractivity contribution in [1.29, 1.82) is 0 Å². The summed E-state index contributed by atoms with van der Waals surface area (Å²) in [5, 5.41) is 2.71. The maximum atomic E-state index is 12.5. The van der Waals surface area contributed by atoms with Gasteiger partial charge in [0.1, 0.15) is 0 Å². The fourth-order valence-corrected chi connectivity index (χ4v) is 1.91. The summed E-state index contributed by atoms with van der Waals surface area (Å²) in [5.74, 6) is -1.08. The molecule has 1 aromatic carbocycles. The molecule has 0 aliphatic rings. The molecule has 0 aromatic heterocycles. The molecule has 0 bridgehead atoms. The van der Waals surface area contributed by atoms with Crippen molar-refractivity contribution >= 4 is 11.8 Å². The molecule has 0 amide bonds. The first-order valence-corrected chi connectivity index (χ1v) is 5.63. The molecule has 2 unspecified atom stereocenters. The number of rotatable bonds is 5. The van der Waals surface area contributed by atoms with E-state index >= 15 is 0 Å². The Kier molecular flexibility index (Phi) is 4.58. The first kappa shape index (κ1) is 14.3. The summed E-state index contributed by atoms with van der Waals surface area (Å²) >= 11 is 0. The van der Waals surface area contributed by atoms with Gasteiger partial charge in [-0.2, -0.15) is 0 Å². The summed E-state index contributed by atoms with van der Waals surface area (Å²) in [4.78, 5) is 24.4. The summed E-state index contributed by atoms with van der Waals surface area (Å²) < 4.78 is 4.71. The second kappa shape index (κ2) is 5.75. The number of nitrogens with one attached hydrogen (secondary N) is 1. The van der Waals surface area contributed by atoms with Crippen LogP contribution >= 0.6 is 0 Å². The van der Waals surface area contributed by atoms with Crippen molar-refractivity contribution in [3.8, 4) is 0 Å². The zero-order chi connectivity index (χ0) is 13.8. The van der Waals surface area contributed by atoms with Crippen LogP contribution in [0, 0.1) is 0 Å². The second-order valence-corrected chi connectivity index (χ2v) is 4.03. The van der Waals surface area contributed by atoms with Crippen molar-refractivity contribution in [2.24, 2.45) is 5.73 Å². The van der Waals surface area contributed by atoms with Gasteiger partial charge in [-0.25, -0.2) is 4.79 Å². The summed E-state index contributed by atoms with van der Waals surface area (Å²) in [7, 11) is 2.75. The van der Waals surface area contributed by atoms with Crippen LogP contribution in [0.1, 0.15) is 17.3 Å². The number of esters is 1. The molecular weight excluding hydrogens is 232 g/mol. The molecule has 0 spiro atoms. The molecule has 0 radical (unpaired) electrons. The molecule has 0 fully saturated rings. The van der Waals surface area contributed by atoms with Gasteiger partial charge >= 0.3 is 5.97 Å². The highest BCUT2D eigenvalue weighted by molar-refractivity contribution is 6.17. The van der Waals surface area contributed by atoms with E-state index < -0.39 is 23.3 Å². The number of ketones is 1. The highest BCUT2D eigenvalue weighted by atomic mass is 16.5. The number of ether oxygens (including phenoxy) is 1. The predicted molar refractivity (Wildman–Crippen MR) is 68.2 cm³/mol. The molecule has 98 valence electrons. The number of carbonyl (C=O) groups is 2. The van der Waals surface area contributed by atoms with Gasteiger partial charge in [0.15, 0.2) is 11.3 Å². The number of carbonyl (C=O) groups excluding carboxylic acids is 2. The molecular formula is C13H18N2O3. The number of hydrogen-bond acceptors (Lipinski definition) is 5. The maximum absolute atomic E-state index is 12.5. The Labute approximate surface area is 106 Å². The van der Waals surface area contributed by atoms with Crippen LogP contribution in [0.5, 0.6) is 0 Å². The SMILES string of the molecule is CNC(C(=O)OC)(C(=O)c1ccccc1)C(C)N. The predicted octanol–water partition coefficient (Wildman–Crippen LogP) is 0.348. The van der Waals surface area contributed by atoms with Crippen LogP contribution in [0.4, 0.5) is 0 Å². The number of hydrogen-bond donors (Lipinski definition) is 2. The van der Waals surface area contributed by atoms with Crippen LogP contribution < -0.4 is 11.1 Å². The Balaban J connectivity index is 3.28. The van der Waals surface area contributed by atoms with Crippen molar-refractivity contribution in [2.45, 2.75) is 18.5 Å². The number of Topliss-reactive ketones (excluding diaryl/α,β-unsaturated/α-hetero) is 1. The number of nitrogens with two attached hydrogens (primary N) is 1. The van der Waals surface area contributed by atoms with Crippen LogP contribution in [0.15, 0.2) is 30.3 Å². The molecule has 18 heavy (non-hydrogen) atoms. The highest BCUT2D eigenvalue weighted by Gasteiger charge is 2.49. The molecule has 3 N–H and O–H groups in total. The smallest absolute Gasteiger partial charge is 0.335 e. The van der Waals surface area contributed by atoms with E-state index in [4.69, 9.17) is 10.5 Å². The van der Waals surface area contributed by atoms with E-state index in [2.05, 4.69) is 5.32 Å². The van der Waals surface area contributed by atoms with Gasteiger partial charge in [-0.15, -0.1) is 0 Å². The molecule has 0 aliphatic carbocycles. The van der Waals surface area contributed by atoms with E-state index in [1.807, 2.05) is 0 Å². The largest absolute Gasteiger partial charge is 0.467 e. The van der Waals surface area contributed by atoms with E-state index in [1.54, 1.807) is 37.3 Å². The van der Waals surface area contributed by atoms with Gasteiger partial charge in [-0.3, -0.25) is 10.1 Å². The van der Waals surface area contributed by atoms with Crippen molar-refractivity contribution in [2.75, 3.05) is 14.2 Å². The third kappa shape index (κ3) is 2.27. The van der Waals surface area contributed by atoms with E-state index in [9.17, 15) is 9.59 Å². The Morgan fingerprint density at radius 3 is 2.28 bits per heavy atom. The van der Waals surface area contributed by atoms with Gasteiger partial charge in [0.05, 0.1) is 7.11 Å². The van der Waals surface area contributed by atoms with E-state index in [1.165, 1.54) is 14.2 Å². The third-order valence-corrected chi connectivity index (χ3v) is 2.98. The van der Waals surface area contributed by atoms with Crippen LogP contribution in [0.25, 0.3) is 0 Å². The summed E-state index contributed by atoms with van der Waals surface area (Å²) in [5.41, 5.74) is 4.66. The summed E-state index contributed by atoms with van der Waals surface area (Å²) in [6, 6.07) is 7.81. The van der Waals surface area contributed by atoms with Crippen LogP contribution in [-0.2, 0) is 9.53 Å². The van der Waals surface area contributed by atoms with Gasteiger partial charge in [-0.1, -0.05) is 30.3 Å². The van der Waals surface area contributed by atoms with Crippen molar-refractivity contribution < 1.29 is 14.3 Å². The standard InChI is InChI=1S/C13H18N2O3/c1-9(14)13(15-2,12(17)18-3)11(16)10-7-5-4-6-8-10/h4-9,15H,14H2,1-3H3. The number of methoxy groups -OCH3 is 1. The van der Waals surface area contributed by atoms with Crippen molar-refractivity contribution in [1.82, 2.24) is 5.32 Å². The molecule has 0 saturated heterocycles. The Morgan fingerprint density at radius 1 is 1.33 bits per heavy atom. The Hall–Kier alpha value is -1.72. The average Bonchev–Trinajstić information content (AvgIpc) is 2.40. The van der Waals surface area contributed by atoms with Crippen molar-refractivity contribution in [3.05, 3.63) is 35.9 Å². The minimum absolute atomic E-state index is 0.396. The minimum atomic E-state index is -1.56. The van der Waals surface area contributed by atoms with Crippen LogP contribution in [0.2, 0.25) is 0 Å². The first-order chi connectivity index (χ1) is 8.50. The topological polar surface area (TPSA) is 81.4 Å². The lowest BCUT2D eigenvalue weighted by molar-refractivity contribution is -0.146. The summed E-state index contributed by atoms with van der Waals surface area (Å²) in [6.45, 7) is 1.59. The van der Waals surface area contributed by atoms with Gasteiger partial charge in [-0.05, 0) is 14.0 Å². The molecule has 2 atom stereocenters. The van der Waals surface area contributed by atoms with Crippen molar-refractivity contribution in [3.63, 3.8) is 0 Å². The molecule has 1 rings (SSSR count). The molecule has 5 heteroatoms. The number of likely N-dealkylation sites (N-methyl/N-ethyl adjacent to an activating group) is 1. The lowest BCUT2D eigenvalue weighted by Gasteiger charge is -2.32. The lowest BCUT2D eigenvalue weighted by Crippen LogP contribution is -2.66. The van der Waals surface area contributed by atoms with E-state index in [0.29, 0.717) is 5.56 Å². The normalized spacial score (nSPS) is 15.6. The van der Waals surface area contributed by atoms with Crippen LogP contribution in [-0.4, -0.2) is 37.5 Å². The Morgan fingerprint density at radius 2 is 1.89 bits per heavy atom. The monoisotopic (exact) mass is 250 g/mol. The van der Waals surface area contributed by atoms with E-state index in [-0.39, 0.29) is 0 Å². The Bertz CT molecular complexity index is 431. The van der Waals surface area contributed by atoms with Crippen LogP contribution in [0.3, 0.4) is 0 Å². The highest BCUT2D eigenvalue weighted by Crippen LogP contribution is 2.18. The maximum Gasteiger partial charge on any atom is 0.335 e. The fraction of sp³-hybridized carbons (Fsp3) is 0.385. The third-order valence-electron chi connectivity index (χ3n) is 2.98. The second-order valence-electron chi connectivity index (χ2n) is 4.03. The van der Waals surface area contributed by atoms with Gasteiger partial charge in [0.2, 0.25) is 0 Å². The van der Waals surface area contributed by atoms with E-state index in [0.717, 1.165) is 0 Å². The van der Waals surface area contributed by atoms with Gasteiger partial charge in [0, 0.05) is 11.6 Å². The van der Waals surface area contributed by atoms with Gasteiger partial charge < -0.3 is 10.5 Å². The zero-order valence-corrected chi connectivity index (χ0v) is 10.8. The molecule has 0 saturated carbocycles. The molecule has 5 nitrogen and oxygen atoms in total.